The lowest BCUT2D eigenvalue weighted by Gasteiger charge is -2.25. The number of nitrogens with zero attached hydrogens (tertiary/aromatic N) is 2. The molecule has 2 N–H and O–H groups in total. The van der Waals surface area contributed by atoms with Crippen LogP contribution in [-0.2, 0) is 10.0 Å². The SMILES string of the molecule is C#Cc1cncc(C(=O)N(C)[C@@H](C)c2cccc(S(N)(=O)=O)c2)c1. The quantitative estimate of drug-likeness (QED) is 0.852. The zero-order valence-electron chi connectivity index (χ0n) is 13.3. The van der Waals surface area contributed by atoms with Crippen LogP contribution in [0.1, 0.15) is 34.5 Å². The lowest BCUT2D eigenvalue weighted by atomic mass is 10.1. The molecule has 7 heteroatoms. The Bertz CT molecular complexity index is 917. The van der Waals surface area contributed by atoms with Gasteiger partial charge in [0.05, 0.1) is 16.5 Å². The highest BCUT2D eigenvalue weighted by Gasteiger charge is 2.20. The second-order valence-corrected chi connectivity index (χ2v) is 6.88. The number of sulfonamides is 1. The number of nitrogens with two attached hydrogens (primary N) is 1. The normalized spacial score (nSPS) is 12.2. The van der Waals surface area contributed by atoms with Crippen LogP contribution in [0.4, 0.5) is 0 Å². The number of pyridine rings is 1. The molecule has 2 aromatic rings. The number of rotatable bonds is 4. The van der Waals surface area contributed by atoms with Crippen LogP contribution in [0, 0.1) is 12.3 Å². The first kappa shape index (κ1) is 17.7. The van der Waals surface area contributed by atoms with E-state index < -0.39 is 10.0 Å². The van der Waals surface area contributed by atoms with E-state index in [1.165, 1.54) is 29.4 Å². The van der Waals surface area contributed by atoms with Crippen molar-refractivity contribution in [3.8, 4) is 12.3 Å². The van der Waals surface area contributed by atoms with Gasteiger partial charge in [0, 0.05) is 25.0 Å². The van der Waals surface area contributed by atoms with E-state index in [-0.39, 0.29) is 16.8 Å². The number of hydrogen-bond acceptors (Lipinski definition) is 4. The zero-order valence-corrected chi connectivity index (χ0v) is 14.1. The lowest BCUT2D eigenvalue weighted by Crippen LogP contribution is -2.30. The number of terminal acetylenes is 1. The molecule has 1 heterocycles. The summed E-state index contributed by atoms with van der Waals surface area (Å²) in [6, 6.07) is 7.41. The van der Waals surface area contributed by atoms with Crippen molar-refractivity contribution >= 4 is 15.9 Å². The number of aromatic nitrogens is 1. The summed E-state index contributed by atoms with van der Waals surface area (Å²) in [6.45, 7) is 1.79. The van der Waals surface area contributed by atoms with Gasteiger partial charge >= 0.3 is 0 Å². The van der Waals surface area contributed by atoms with Gasteiger partial charge in [-0.25, -0.2) is 13.6 Å². The van der Waals surface area contributed by atoms with Crippen molar-refractivity contribution in [2.45, 2.75) is 17.9 Å². The number of benzene rings is 1. The summed E-state index contributed by atoms with van der Waals surface area (Å²) in [7, 11) is -2.18. The molecule has 0 unspecified atom stereocenters. The first-order valence-corrected chi connectivity index (χ1v) is 8.60. The van der Waals surface area contributed by atoms with Crippen LogP contribution in [0.2, 0.25) is 0 Å². The fourth-order valence-electron chi connectivity index (χ4n) is 2.19. The van der Waals surface area contributed by atoms with Crippen LogP contribution >= 0.6 is 0 Å². The summed E-state index contributed by atoms with van der Waals surface area (Å²) in [4.78, 5) is 18.0. The monoisotopic (exact) mass is 343 g/mol. The van der Waals surface area contributed by atoms with Crippen molar-refractivity contribution in [2.75, 3.05) is 7.05 Å². The van der Waals surface area contributed by atoms with E-state index >= 15 is 0 Å². The highest BCUT2D eigenvalue weighted by atomic mass is 32.2. The van der Waals surface area contributed by atoms with Crippen molar-refractivity contribution < 1.29 is 13.2 Å². The van der Waals surface area contributed by atoms with E-state index in [0.29, 0.717) is 16.7 Å². The summed E-state index contributed by atoms with van der Waals surface area (Å²) in [5.74, 6) is 2.16. The molecule has 1 aromatic carbocycles. The van der Waals surface area contributed by atoms with E-state index in [2.05, 4.69) is 10.9 Å². The van der Waals surface area contributed by atoms with Gasteiger partial charge in [0.15, 0.2) is 0 Å². The third-order valence-electron chi connectivity index (χ3n) is 3.72. The molecule has 6 nitrogen and oxygen atoms in total. The second kappa shape index (κ2) is 6.83. The van der Waals surface area contributed by atoms with Crippen molar-refractivity contribution in [1.82, 2.24) is 9.88 Å². The molecule has 0 saturated carbocycles. The number of amides is 1. The van der Waals surface area contributed by atoms with Gasteiger partial charge in [-0.2, -0.15) is 0 Å². The number of carbonyl (C=O) groups is 1. The van der Waals surface area contributed by atoms with Crippen molar-refractivity contribution in [1.29, 1.82) is 0 Å². The van der Waals surface area contributed by atoms with Crippen LogP contribution in [0.15, 0.2) is 47.6 Å². The molecule has 0 saturated heterocycles. The number of primary sulfonamides is 1. The predicted molar refractivity (Wildman–Crippen MR) is 90.5 cm³/mol. The summed E-state index contributed by atoms with van der Waals surface area (Å²) >= 11 is 0. The molecule has 1 atom stereocenters. The van der Waals surface area contributed by atoms with Gasteiger partial charge in [0.1, 0.15) is 0 Å². The smallest absolute Gasteiger partial charge is 0.255 e. The van der Waals surface area contributed by atoms with Crippen LogP contribution in [-0.4, -0.2) is 31.3 Å². The summed E-state index contributed by atoms with van der Waals surface area (Å²) < 4.78 is 22.9. The molecular weight excluding hydrogens is 326 g/mol. The molecule has 24 heavy (non-hydrogen) atoms. The Labute approximate surface area is 141 Å². The Morgan fingerprint density at radius 1 is 1.33 bits per heavy atom. The molecule has 1 amide bonds. The topological polar surface area (TPSA) is 93.4 Å². The molecule has 0 aliphatic carbocycles. The molecule has 0 spiro atoms. The maximum absolute atomic E-state index is 12.6. The largest absolute Gasteiger partial charge is 0.335 e. The van der Waals surface area contributed by atoms with Crippen LogP contribution < -0.4 is 5.14 Å². The molecule has 0 radical (unpaired) electrons. The Morgan fingerprint density at radius 2 is 2.04 bits per heavy atom. The molecular formula is C17H17N3O3S. The molecule has 0 bridgehead atoms. The first-order chi connectivity index (χ1) is 11.2. The summed E-state index contributed by atoms with van der Waals surface area (Å²) in [5.41, 5.74) is 1.53. The third kappa shape index (κ3) is 3.79. The molecule has 0 aliphatic heterocycles. The van der Waals surface area contributed by atoms with Gasteiger partial charge in [0.2, 0.25) is 10.0 Å². The van der Waals surface area contributed by atoms with Gasteiger partial charge in [-0.1, -0.05) is 18.1 Å². The fraction of sp³-hybridized carbons (Fsp3) is 0.176. The van der Waals surface area contributed by atoms with E-state index in [9.17, 15) is 13.2 Å². The van der Waals surface area contributed by atoms with Gasteiger partial charge < -0.3 is 4.90 Å². The Kier molecular flexibility index (Phi) is 5.02. The van der Waals surface area contributed by atoms with Gasteiger partial charge in [-0.3, -0.25) is 9.78 Å². The molecule has 0 fully saturated rings. The summed E-state index contributed by atoms with van der Waals surface area (Å²) in [6.07, 6.45) is 8.25. The average molecular weight is 343 g/mol. The minimum absolute atomic E-state index is 0.00342. The van der Waals surface area contributed by atoms with Gasteiger partial charge in [-0.05, 0) is 30.7 Å². The maximum Gasteiger partial charge on any atom is 0.255 e. The van der Waals surface area contributed by atoms with Crippen molar-refractivity contribution in [3.63, 3.8) is 0 Å². The minimum Gasteiger partial charge on any atom is -0.335 e. The average Bonchev–Trinajstić information content (AvgIpc) is 2.59. The Hall–Kier alpha value is -2.69. The molecule has 124 valence electrons. The van der Waals surface area contributed by atoms with E-state index in [4.69, 9.17) is 11.6 Å². The fourth-order valence-corrected chi connectivity index (χ4v) is 2.76. The second-order valence-electron chi connectivity index (χ2n) is 5.32. The zero-order chi connectivity index (χ0) is 17.9. The van der Waals surface area contributed by atoms with Crippen LogP contribution in [0.3, 0.4) is 0 Å². The van der Waals surface area contributed by atoms with Gasteiger partial charge in [-0.15, -0.1) is 6.42 Å². The highest BCUT2D eigenvalue weighted by Crippen LogP contribution is 2.23. The van der Waals surface area contributed by atoms with E-state index in [1.54, 1.807) is 32.2 Å². The molecule has 2 rings (SSSR count). The lowest BCUT2D eigenvalue weighted by molar-refractivity contribution is 0.0742. The van der Waals surface area contributed by atoms with Gasteiger partial charge in [0.25, 0.3) is 5.91 Å². The standard InChI is InChI=1S/C17H17N3O3S/c1-4-13-8-15(11-19-10-13)17(21)20(3)12(2)14-6-5-7-16(9-14)24(18,22)23/h1,5-12H,2-3H3,(H2,18,22,23)/t12-/m0/s1. The molecule has 0 aliphatic rings. The molecule has 1 aromatic heterocycles. The number of carbonyl (C=O) groups excluding carboxylic acids is 1. The Morgan fingerprint density at radius 3 is 2.67 bits per heavy atom. The number of hydrogen-bond donors (Lipinski definition) is 1. The van der Waals surface area contributed by atoms with E-state index in [1.807, 2.05) is 0 Å². The minimum atomic E-state index is -3.80. The maximum atomic E-state index is 12.6. The van der Waals surface area contributed by atoms with E-state index in [0.717, 1.165) is 0 Å². The van der Waals surface area contributed by atoms with Crippen LogP contribution in [0.25, 0.3) is 0 Å². The Balaban J connectivity index is 2.30. The first-order valence-electron chi connectivity index (χ1n) is 7.05. The van der Waals surface area contributed by atoms with Crippen LogP contribution in [0.5, 0.6) is 0 Å². The third-order valence-corrected chi connectivity index (χ3v) is 4.63. The van der Waals surface area contributed by atoms with Crippen molar-refractivity contribution in [3.05, 3.63) is 59.4 Å². The predicted octanol–water partition coefficient (Wildman–Crippen LogP) is 1.54. The van der Waals surface area contributed by atoms with Crippen molar-refractivity contribution in [2.24, 2.45) is 5.14 Å². The summed E-state index contributed by atoms with van der Waals surface area (Å²) in [5, 5.41) is 5.15. The highest BCUT2D eigenvalue weighted by molar-refractivity contribution is 7.89.